The molecular formula is C17H19FN6O3. The third-order valence-electron chi connectivity index (χ3n) is 3.39. The number of amides is 1. The molecule has 142 valence electrons. The molecule has 2 aromatic heterocycles. The van der Waals surface area contributed by atoms with Crippen LogP contribution in [0.2, 0.25) is 0 Å². The number of hydrogen-bond donors (Lipinski definition) is 3. The minimum Gasteiger partial charge on any atom is -0.369 e. The number of anilines is 2. The van der Waals surface area contributed by atoms with Gasteiger partial charge in [-0.05, 0) is 13.0 Å². The lowest BCUT2D eigenvalue weighted by molar-refractivity contribution is -0.120. The van der Waals surface area contributed by atoms with Crippen molar-refractivity contribution in [3.05, 3.63) is 42.5 Å². The van der Waals surface area contributed by atoms with Gasteiger partial charge in [-0.15, -0.1) is 0 Å². The first-order valence-electron chi connectivity index (χ1n) is 7.97. The number of rotatable bonds is 8. The maximum Gasteiger partial charge on any atom is 0.381 e. The molecular weight excluding hydrogens is 355 g/mol. The molecule has 1 amide bonds. The Morgan fingerprint density at radius 1 is 1.30 bits per heavy atom. The van der Waals surface area contributed by atoms with Crippen LogP contribution in [0.4, 0.5) is 16.3 Å². The van der Waals surface area contributed by atoms with E-state index in [9.17, 15) is 14.1 Å². The Hall–Kier alpha value is -3.56. The summed E-state index contributed by atoms with van der Waals surface area (Å²) in [6.45, 7) is 5.81. The first kappa shape index (κ1) is 19.8. The molecule has 0 aromatic carbocycles. The highest BCUT2D eigenvalue weighted by molar-refractivity contribution is 5.90. The number of carbonyl (C=O) groups excluding carboxylic acids is 2. The summed E-state index contributed by atoms with van der Waals surface area (Å²) in [5.74, 6) is -0.570. The summed E-state index contributed by atoms with van der Waals surface area (Å²) in [5.41, 5.74) is 1.58. The molecule has 0 aliphatic rings. The molecule has 2 rings (SSSR count). The van der Waals surface area contributed by atoms with E-state index in [-0.39, 0.29) is 17.9 Å². The van der Waals surface area contributed by atoms with Gasteiger partial charge in [0.2, 0.25) is 11.9 Å². The second-order valence-corrected chi connectivity index (χ2v) is 5.54. The normalized spacial score (nSPS) is 10.0. The van der Waals surface area contributed by atoms with Gasteiger partial charge in [0, 0.05) is 60.0 Å². The summed E-state index contributed by atoms with van der Waals surface area (Å²) in [6, 6.07) is 1.41. The van der Waals surface area contributed by atoms with Crippen molar-refractivity contribution in [2.75, 3.05) is 24.2 Å². The Morgan fingerprint density at radius 3 is 2.74 bits per heavy atom. The number of aromatic nitrogens is 3. The van der Waals surface area contributed by atoms with Crippen molar-refractivity contribution < 1.29 is 19.1 Å². The van der Waals surface area contributed by atoms with E-state index in [4.69, 9.17) is 0 Å². The highest BCUT2D eigenvalue weighted by Gasteiger charge is 2.14. The smallest absolute Gasteiger partial charge is 0.369 e. The minimum atomic E-state index is -1.15. The second kappa shape index (κ2) is 9.22. The standard InChI is InChI=1S/C17H19FN6O3/c1-10(2)23-17-22-9-13(15(24-17)21-5-4-14(25)19-3)11-6-12(8-20-7-11)16(26)27-18/h6-9H,1,4-5H2,2-3H3,(H,19,25)(H2,21,22,23,24). The predicted octanol–water partition coefficient (Wildman–Crippen LogP) is 2.07. The SMILES string of the molecule is C=C(C)Nc1ncc(-c2cncc(C(=O)OF)c2)c(NCCC(=O)NC)n1. The van der Waals surface area contributed by atoms with Gasteiger partial charge >= 0.3 is 5.97 Å². The highest BCUT2D eigenvalue weighted by Crippen LogP contribution is 2.27. The van der Waals surface area contributed by atoms with E-state index in [0.29, 0.717) is 35.1 Å². The summed E-state index contributed by atoms with van der Waals surface area (Å²) in [7, 11) is 1.55. The van der Waals surface area contributed by atoms with Crippen molar-refractivity contribution in [1.82, 2.24) is 20.3 Å². The fraction of sp³-hybridized carbons (Fsp3) is 0.235. The van der Waals surface area contributed by atoms with Crippen molar-refractivity contribution >= 4 is 23.6 Å². The molecule has 3 N–H and O–H groups in total. The second-order valence-electron chi connectivity index (χ2n) is 5.54. The third kappa shape index (κ3) is 5.46. The van der Waals surface area contributed by atoms with Crippen LogP contribution >= 0.6 is 0 Å². The molecule has 0 bridgehead atoms. The summed E-state index contributed by atoms with van der Waals surface area (Å²) in [4.78, 5) is 38.5. The molecule has 0 aliphatic heterocycles. The average Bonchev–Trinajstić information content (AvgIpc) is 2.67. The lowest BCUT2D eigenvalue weighted by Crippen LogP contribution is -2.21. The van der Waals surface area contributed by atoms with Crippen LogP contribution in [0.1, 0.15) is 23.7 Å². The van der Waals surface area contributed by atoms with Gasteiger partial charge in [-0.2, -0.15) is 4.98 Å². The van der Waals surface area contributed by atoms with Crippen LogP contribution in [0, 0.1) is 0 Å². The Bertz CT molecular complexity index is 858. The minimum absolute atomic E-state index is 0.0598. The number of allylic oxidation sites excluding steroid dienone is 1. The van der Waals surface area contributed by atoms with Crippen molar-refractivity contribution in [2.45, 2.75) is 13.3 Å². The topological polar surface area (TPSA) is 118 Å². The molecule has 2 aromatic rings. The van der Waals surface area contributed by atoms with E-state index in [1.54, 1.807) is 14.0 Å². The number of nitrogens with one attached hydrogen (secondary N) is 3. The maximum atomic E-state index is 12.2. The Labute approximate surface area is 155 Å². The van der Waals surface area contributed by atoms with Gasteiger partial charge in [0.05, 0.1) is 5.56 Å². The number of pyridine rings is 1. The molecule has 0 radical (unpaired) electrons. The number of hydrogen-bond acceptors (Lipinski definition) is 8. The quantitative estimate of drug-likeness (QED) is 0.643. The van der Waals surface area contributed by atoms with Crippen LogP contribution in [0.25, 0.3) is 11.1 Å². The highest BCUT2D eigenvalue weighted by atomic mass is 19.3. The molecule has 0 fully saturated rings. The molecule has 0 atom stereocenters. The van der Waals surface area contributed by atoms with Crippen LogP contribution in [0.5, 0.6) is 0 Å². The predicted molar refractivity (Wildman–Crippen MR) is 97.4 cm³/mol. The van der Waals surface area contributed by atoms with E-state index in [1.165, 1.54) is 24.7 Å². The first-order valence-corrected chi connectivity index (χ1v) is 7.97. The fourth-order valence-corrected chi connectivity index (χ4v) is 2.14. The number of carbonyl (C=O) groups is 2. The zero-order valence-electron chi connectivity index (χ0n) is 14.9. The van der Waals surface area contributed by atoms with Gasteiger partial charge < -0.3 is 16.0 Å². The van der Waals surface area contributed by atoms with Gasteiger partial charge in [0.15, 0.2) is 0 Å². The lowest BCUT2D eigenvalue weighted by atomic mass is 10.1. The zero-order chi connectivity index (χ0) is 19.8. The van der Waals surface area contributed by atoms with Gasteiger partial charge in [-0.25, -0.2) is 14.7 Å². The average molecular weight is 374 g/mol. The van der Waals surface area contributed by atoms with Crippen LogP contribution in [0.15, 0.2) is 36.9 Å². The van der Waals surface area contributed by atoms with E-state index in [2.05, 4.69) is 42.4 Å². The Kier molecular flexibility index (Phi) is 6.75. The lowest BCUT2D eigenvalue weighted by Gasteiger charge is -2.13. The number of nitrogens with zero attached hydrogens (tertiary/aromatic N) is 3. The summed E-state index contributed by atoms with van der Waals surface area (Å²) in [5, 5.41) is 8.48. The third-order valence-corrected chi connectivity index (χ3v) is 3.39. The zero-order valence-corrected chi connectivity index (χ0v) is 14.9. The molecule has 0 unspecified atom stereocenters. The molecule has 0 spiro atoms. The molecule has 10 heteroatoms. The van der Waals surface area contributed by atoms with E-state index in [1.807, 2.05) is 0 Å². The Balaban J connectivity index is 2.37. The largest absolute Gasteiger partial charge is 0.381 e. The summed E-state index contributed by atoms with van der Waals surface area (Å²) in [6.07, 6.45) is 4.41. The van der Waals surface area contributed by atoms with Crippen molar-refractivity contribution in [3.63, 3.8) is 0 Å². The van der Waals surface area contributed by atoms with Gasteiger partial charge in [-0.1, -0.05) is 6.58 Å². The van der Waals surface area contributed by atoms with Crippen molar-refractivity contribution in [1.29, 1.82) is 0 Å². The van der Waals surface area contributed by atoms with Crippen LogP contribution in [0.3, 0.4) is 0 Å². The molecule has 0 aliphatic carbocycles. The van der Waals surface area contributed by atoms with Crippen LogP contribution in [-0.2, 0) is 9.74 Å². The monoisotopic (exact) mass is 374 g/mol. The molecule has 2 heterocycles. The number of halogens is 1. The van der Waals surface area contributed by atoms with E-state index < -0.39 is 5.97 Å². The van der Waals surface area contributed by atoms with E-state index >= 15 is 0 Å². The first-order chi connectivity index (χ1) is 12.9. The van der Waals surface area contributed by atoms with E-state index in [0.717, 1.165) is 0 Å². The van der Waals surface area contributed by atoms with Crippen molar-refractivity contribution in [2.24, 2.45) is 0 Å². The van der Waals surface area contributed by atoms with Crippen LogP contribution < -0.4 is 16.0 Å². The fourth-order valence-electron chi connectivity index (χ4n) is 2.14. The summed E-state index contributed by atoms with van der Waals surface area (Å²) < 4.78 is 12.2. The van der Waals surface area contributed by atoms with Crippen LogP contribution in [-0.4, -0.2) is 40.4 Å². The summed E-state index contributed by atoms with van der Waals surface area (Å²) >= 11 is 0. The molecule has 27 heavy (non-hydrogen) atoms. The van der Waals surface area contributed by atoms with Crippen molar-refractivity contribution in [3.8, 4) is 11.1 Å². The maximum absolute atomic E-state index is 12.2. The Morgan fingerprint density at radius 2 is 2.07 bits per heavy atom. The molecule has 9 nitrogen and oxygen atoms in total. The molecule has 0 saturated carbocycles. The molecule has 0 saturated heterocycles. The van der Waals surface area contributed by atoms with Gasteiger partial charge in [0.1, 0.15) is 5.82 Å². The van der Waals surface area contributed by atoms with Gasteiger partial charge in [-0.3, -0.25) is 9.78 Å². The van der Waals surface area contributed by atoms with Gasteiger partial charge in [0.25, 0.3) is 0 Å².